The third kappa shape index (κ3) is 11.1. The number of anilines is 3. The molecule has 1 aromatic carbocycles. The number of piperazine rings is 1. The number of ketones is 1. The van der Waals surface area contributed by atoms with Crippen molar-refractivity contribution in [3.8, 4) is 5.75 Å². The average Bonchev–Trinajstić information content (AvgIpc) is 3.09. The van der Waals surface area contributed by atoms with Gasteiger partial charge in [0.25, 0.3) is 0 Å². The van der Waals surface area contributed by atoms with Gasteiger partial charge in [-0.3, -0.25) is 9.69 Å². The van der Waals surface area contributed by atoms with Gasteiger partial charge in [-0.25, -0.2) is 9.97 Å². The van der Waals surface area contributed by atoms with Gasteiger partial charge in [-0.1, -0.05) is 67.2 Å². The molecule has 0 radical (unpaired) electrons. The molecule has 2 saturated heterocycles. The normalized spacial score (nSPS) is 17.0. The maximum Gasteiger partial charge on any atom is 0.184 e. The van der Waals surface area contributed by atoms with Crippen molar-refractivity contribution in [2.75, 3.05) is 62.5 Å². The van der Waals surface area contributed by atoms with Gasteiger partial charge in [0.1, 0.15) is 17.4 Å². The number of hydrogen-bond acceptors (Lipinski definition) is 9. The zero-order valence-corrected chi connectivity index (χ0v) is 30.7. The van der Waals surface area contributed by atoms with Crippen LogP contribution in [0.15, 0.2) is 24.4 Å². The van der Waals surface area contributed by atoms with E-state index in [2.05, 4.69) is 90.3 Å². The smallest absolute Gasteiger partial charge is 0.184 e. The number of rotatable bonds is 15. The minimum atomic E-state index is 0.0260. The molecule has 2 aromatic rings. The Morgan fingerprint density at radius 1 is 1.02 bits per heavy atom. The number of aryl methyl sites for hydroxylation is 1. The fourth-order valence-electron chi connectivity index (χ4n) is 6.63. The lowest BCUT2D eigenvalue weighted by molar-refractivity contribution is 0.0975. The quantitative estimate of drug-likeness (QED) is 0.113. The Balaban J connectivity index is 0.000000559. The van der Waals surface area contributed by atoms with Gasteiger partial charge in [0, 0.05) is 50.4 Å². The van der Waals surface area contributed by atoms with E-state index in [0.717, 1.165) is 80.1 Å². The Kier molecular flexibility index (Phi) is 16.6. The summed E-state index contributed by atoms with van der Waals surface area (Å²) in [6, 6.07) is 6.80. The van der Waals surface area contributed by atoms with Gasteiger partial charge in [-0.05, 0) is 69.8 Å². The van der Waals surface area contributed by atoms with E-state index in [9.17, 15) is 4.79 Å². The molecule has 2 aliphatic heterocycles. The molecule has 1 N–H and O–H groups in total. The first-order valence-electron chi connectivity index (χ1n) is 18.0. The van der Waals surface area contributed by atoms with E-state index in [0.29, 0.717) is 24.0 Å². The average molecular weight is 655 g/mol. The van der Waals surface area contributed by atoms with E-state index in [1.807, 2.05) is 19.1 Å². The third-order valence-electron chi connectivity index (χ3n) is 10.0. The Hall–Kier alpha value is -2.36. The molecule has 1 atom stereocenters. The fourth-order valence-corrected chi connectivity index (χ4v) is 6.77. The van der Waals surface area contributed by atoms with Crippen LogP contribution in [0.2, 0.25) is 0 Å². The minimum Gasteiger partial charge on any atom is -0.481 e. The summed E-state index contributed by atoms with van der Waals surface area (Å²) in [4.78, 5) is 29.5. The van der Waals surface area contributed by atoms with Crippen molar-refractivity contribution in [3.63, 3.8) is 0 Å². The molecule has 1 unspecified atom stereocenters. The van der Waals surface area contributed by atoms with Crippen LogP contribution in [0.5, 0.6) is 5.75 Å². The number of carbonyl (C=O) groups is 1. The van der Waals surface area contributed by atoms with Crippen LogP contribution < -0.4 is 15.0 Å². The molecule has 2 aliphatic rings. The molecule has 0 saturated carbocycles. The van der Waals surface area contributed by atoms with Crippen LogP contribution in [0.1, 0.15) is 109 Å². The first-order chi connectivity index (χ1) is 22.3. The number of Topliss-reactive ketones (excluding diaryl/α,β-unsaturated/α-hetero) is 1. The molecule has 1 aromatic heterocycles. The first-order valence-corrected chi connectivity index (χ1v) is 18.6. The molecule has 3 heterocycles. The van der Waals surface area contributed by atoms with Crippen LogP contribution in [0.4, 0.5) is 17.2 Å². The lowest BCUT2D eigenvalue weighted by atomic mass is 9.88. The maximum atomic E-state index is 12.9. The number of aromatic nitrogens is 2. The summed E-state index contributed by atoms with van der Waals surface area (Å²) in [5.41, 5.74) is 3.13. The number of benzene rings is 1. The second-order valence-corrected chi connectivity index (χ2v) is 13.3. The fraction of sp³-hybridized carbons (Fsp3) is 0.703. The van der Waals surface area contributed by atoms with E-state index in [1.165, 1.54) is 45.2 Å². The van der Waals surface area contributed by atoms with E-state index < -0.39 is 0 Å². The van der Waals surface area contributed by atoms with Crippen LogP contribution >= 0.6 is 12.6 Å². The van der Waals surface area contributed by atoms with E-state index in [4.69, 9.17) is 4.74 Å². The van der Waals surface area contributed by atoms with E-state index in [1.54, 1.807) is 6.20 Å². The highest BCUT2D eigenvalue weighted by Crippen LogP contribution is 2.34. The summed E-state index contributed by atoms with van der Waals surface area (Å²) in [6.07, 6.45) is 11.3. The van der Waals surface area contributed by atoms with Crippen LogP contribution in [-0.2, 0) is 6.42 Å². The lowest BCUT2D eigenvalue weighted by Gasteiger charge is -2.43. The van der Waals surface area contributed by atoms with Gasteiger partial charge in [0.15, 0.2) is 11.6 Å². The van der Waals surface area contributed by atoms with Gasteiger partial charge >= 0.3 is 0 Å². The summed E-state index contributed by atoms with van der Waals surface area (Å²) in [5.74, 6) is 3.49. The Morgan fingerprint density at radius 2 is 1.72 bits per heavy atom. The van der Waals surface area contributed by atoms with Crippen molar-refractivity contribution >= 4 is 35.6 Å². The highest BCUT2D eigenvalue weighted by Gasteiger charge is 2.27. The molecule has 46 heavy (non-hydrogen) atoms. The molecule has 0 aliphatic carbocycles. The monoisotopic (exact) mass is 654 g/mol. The van der Waals surface area contributed by atoms with Crippen LogP contribution in [0, 0.1) is 11.8 Å². The zero-order valence-electron chi connectivity index (χ0n) is 29.9. The number of carbonyl (C=O) groups excluding carboxylic acids is 1. The molecule has 0 spiro atoms. The minimum absolute atomic E-state index is 0.0260. The summed E-state index contributed by atoms with van der Waals surface area (Å²) < 4.78 is 5.95. The SMILES string of the molecule is CCC(C)C(CC)CC.CCCCC(=O)c1nc(CC)cnc1Nc1ccc(N2CCN(C3CCN(C)CC3)CC2)c(OCS)c1. The molecule has 0 amide bonds. The Labute approximate surface area is 285 Å². The Morgan fingerprint density at radius 3 is 2.28 bits per heavy atom. The van der Waals surface area contributed by atoms with Crippen LogP contribution in [0.25, 0.3) is 0 Å². The van der Waals surface area contributed by atoms with E-state index in [-0.39, 0.29) is 11.7 Å². The molecular formula is C37H62N6O2S. The highest BCUT2D eigenvalue weighted by atomic mass is 32.1. The predicted octanol–water partition coefficient (Wildman–Crippen LogP) is 8.11. The molecule has 2 fully saturated rings. The molecule has 8 nitrogen and oxygen atoms in total. The molecular weight excluding hydrogens is 593 g/mol. The number of hydrogen-bond donors (Lipinski definition) is 2. The summed E-state index contributed by atoms with van der Waals surface area (Å²) >= 11 is 4.32. The number of thiol groups is 1. The second-order valence-electron chi connectivity index (χ2n) is 13.0. The van der Waals surface area contributed by atoms with Gasteiger partial charge in [-0.15, -0.1) is 12.6 Å². The summed E-state index contributed by atoms with van der Waals surface area (Å²) in [7, 11) is 2.22. The highest BCUT2D eigenvalue weighted by molar-refractivity contribution is 7.80. The molecule has 258 valence electrons. The number of nitrogens with one attached hydrogen (secondary N) is 1. The topological polar surface area (TPSA) is 73.8 Å². The maximum absolute atomic E-state index is 12.9. The zero-order chi connectivity index (χ0) is 33.5. The van der Waals surface area contributed by atoms with Crippen molar-refractivity contribution in [2.45, 2.75) is 105 Å². The Bertz CT molecular complexity index is 1180. The van der Waals surface area contributed by atoms with Gasteiger partial charge in [0.2, 0.25) is 0 Å². The van der Waals surface area contributed by atoms with Crippen molar-refractivity contribution in [1.82, 2.24) is 19.8 Å². The number of ether oxygens (including phenoxy) is 1. The van der Waals surface area contributed by atoms with Crippen molar-refractivity contribution < 1.29 is 9.53 Å². The van der Waals surface area contributed by atoms with Crippen molar-refractivity contribution in [3.05, 3.63) is 35.8 Å². The predicted molar refractivity (Wildman–Crippen MR) is 197 cm³/mol. The van der Waals surface area contributed by atoms with Gasteiger partial charge in [0.05, 0.1) is 17.6 Å². The first kappa shape index (κ1) is 38.1. The standard InChI is InChI=1S/C28H42N6O2S.C9H20/c1-4-6-7-25(35)27-28(29-19-21(5-2)30-27)31-22-8-9-24(26(18-22)36-20-37)34-16-14-33(15-17-34)23-10-12-32(3)13-11-23;1-5-8(4)9(6-2)7-3/h8-9,18-19,23,37H,4-7,10-17,20H2,1-3H3,(H,29,31);8-9H,5-7H2,1-4H3. The third-order valence-corrected chi connectivity index (χ3v) is 10.1. The van der Waals surface area contributed by atoms with Gasteiger partial charge in [-0.2, -0.15) is 0 Å². The molecule has 9 heteroatoms. The van der Waals surface area contributed by atoms with Crippen molar-refractivity contribution in [2.24, 2.45) is 11.8 Å². The number of likely N-dealkylation sites (tertiary alicyclic amines) is 1. The lowest BCUT2D eigenvalue weighted by Crippen LogP contribution is -2.53. The summed E-state index contributed by atoms with van der Waals surface area (Å²) in [5, 5.41) is 3.33. The van der Waals surface area contributed by atoms with Crippen molar-refractivity contribution in [1.29, 1.82) is 0 Å². The number of nitrogens with zero attached hydrogens (tertiary/aromatic N) is 5. The van der Waals surface area contributed by atoms with Crippen LogP contribution in [0.3, 0.4) is 0 Å². The molecule has 0 bridgehead atoms. The van der Waals surface area contributed by atoms with E-state index >= 15 is 0 Å². The van der Waals surface area contributed by atoms with Gasteiger partial charge < -0.3 is 19.9 Å². The largest absolute Gasteiger partial charge is 0.481 e. The summed E-state index contributed by atoms with van der Waals surface area (Å²) in [6.45, 7) is 19.8. The number of unbranched alkanes of at least 4 members (excludes halogenated alkanes) is 1. The molecule has 4 rings (SSSR count). The number of piperidine rings is 1. The van der Waals surface area contributed by atoms with Crippen LogP contribution in [-0.4, -0.2) is 83.8 Å². The second kappa shape index (κ2) is 20.1.